The zero-order valence-corrected chi connectivity index (χ0v) is 17.4. The Morgan fingerprint density at radius 1 is 1.18 bits per heavy atom. The first-order chi connectivity index (χ1) is 13.3. The van der Waals surface area contributed by atoms with Crippen LogP contribution >= 0.6 is 11.6 Å². The van der Waals surface area contributed by atoms with Crippen LogP contribution in [0.5, 0.6) is 11.5 Å². The Hall–Kier alpha value is -2.45. The number of rotatable bonds is 6. The molecule has 1 aliphatic rings. The summed E-state index contributed by atoms with van der Waals surface area (Å²) in [6, 6.07) is 8.14. The highest BCUT2D eigenvalue weighted by atomic mass is 35.5. The van der Waals surface area contributed by atoms with Gasteiger partial charge in [-0.25, -0.2) is 8.42 Å². The number of methoxy groups -OCH3 is 2. The molecule has 0 saturated heterocycles. The molecule has 150 valence electrons. The molecule has 2 aromatic rings. The van der Waals surface area contributed by atoms with Crippen molar-refractivity contribution in [1.82, 2.24) is 0 Å². The molecule has 1 N–H and O–H groups in total. The Balaban J connectivity index is 1.88. The minimum Gasteiger partial charge on any atom is -0.495 e. The van der Waals surface area contributed by atoms with E-state index in [-0.39, 0.29) is 11.7 Å². The van der Waals surface area contributed by atoms with Gasteiger partial charge < -0.3 is 14.8 Å². The summed E-state index contributed by atoms with van der Waals surface area (Å²) in [5.41, 5.74) is 2.30. The van der Waals surface area contributed by atoms with Gasteiger partial charge in [0.25, 0.3) is 5.91 Å². The summed E-state index contributed by atoms with van der Waals surface area (Å²) in [6.45, 7) is 2.00. The van der Waals surface area contributed by atoms with E-state index in [9.17, 15) is 13.2 Å². The van der Waals surface area contributed by atoms with Crippen molar-refractivity contribution in [2.45, 2.75) is 13.3 Å². The van der Waals surface area contributed by atoms with E-state index in [1.807, 2.05) is 0 Å². The van der Waals surface area contributed by atoms with Crippen molar-refractivity contribution < 1.29 is 22.7 Å². The van der Waals surface area contributed by atoms with E-state index in [0.717, 1.165) is 5.56 Å². The van der Waals surface area contributed by atoms with Crippen LogP contribution in [0.1, 0.15) is 22.8 Å². The highest BCUT2D eigenvalue weighted by Gasteiger charge is 2.28. The first kappa shape index (κ1) is 20.3. The second kappa shape index (κ2) is 7.89. The van der Waals surface area contributed by atoms with Crippen LogP contribution in [-0.4, -0.2) is 40.8 Å². The fourth-order valence-electron chi connectivity index (χ4n) is 3.11. The van der Waals surface area contributed by atoms with Crippen molar-refractivity contribution in [3.05, 3.63) is 46.5 Å². The monoisotopic (exact) mass is 424 g/mol. The summed E-state index contributed by atoms with van der Waals surface area (Å²) >= 11 is 6.09. The molecule has 0 unspecified atom stereocenters. The third-order valence-electron chi connectivity index (χ3n) is 4.62. The number of carbonyl (C=O) groups is 1. The third-order valence-corrected chi connectivity index (χ3v) is 6.69. The summed E-state index contributed by atoms with van der Waals surface area (Å²) in [4.78, 5) is 12.7. The summed E-state index contributed by atoms with van der Waals surface area (Å²) in [5.74, 6) is 0.502. The molecular formula is C19H21ClN2O5S. The largest absolute Gasteiger partial charge is 0.495 e. The highest BCUT2D eigenvalue weighted by Crippen LogP contribution is 2.36. The van der Waals surface area contributed by atoms with Crippen LogP contribution in [0.3, 0.4) is 0 Å². The number of sulfonamides is 1. The number of benzene rings is 2. The van der Waals surface area contributed by atoms with Crippen molar-refractivity contribution >= 4 is 38.9 Å². The number of nitrogens with zero attached hydrogens (tertiary/aromatic N) is 1. The summed E-state index contributed by atoms with van der Waals surface area (Å²) < 4.78 is 36.2. The number of fused-ring (bicyclic) bond motifs is 1. The van der Waals surface area contributed by atoms with E-state index in [1.165, 1.54) is 18.5 Å². The molecule has 0 aliphatic carbocycles. The SMILES string of the molecule is CCS(=O)(=O)N1CCc2cc(C(=O)Nc3cc(OC)c(Cl)cc3OC)ccc21. The molecule has 0 spiro atoms. The molecule has 0 fully saturated rings. The normalized spacial score (nSPS) is 13.2. The van der Waals surface area contributed by atoms with Crippen molar-refractivity contribution in [2.75, 3.05) is 36.1 Å². The smallest absolute Gasteiger partial charge is 0.255 e. The number of anilines is 2. The van der Waals surface area contributed by atoms with Crippen LogP contribution in [0.4, 0.5) is 11.4 Å². The summed E-state index contributed by atoms with van der Waals surface area (Å²) in [5, 5.41) is 3.16. The lowest BCUT2D eigenvalue weighted by atomic mass is 10.1. The van der Waals surface area contributed by atoms with Gasteiger partial charge in [0.05, 0.1) is 36.4 Å². The second-order valence-electron chi connectivity index (χ2n) is 6.21. The Morgan fingerprint density at radius 3 is 2.54 bits per heavy atom. The molecule has 0 radical (unpaired) electrons. The number of amides is 1. The average molecular weight is 425 g/mol. The third kappa shape index (κ3) is 3.74. The van der Waals surface area contributed by atoms with Crippen LogP contribution in [0.2, 0.25) is 5.02 Å². The lowest BCUT2D eigenvalue weighted by Gasteiger charge is -2.18. The maximum absolute atomic E-state index is 12.7. The number of hydrogen-bond acceptors (Lipinski definition) is 5. The quantitative estimate of drug-likeness (QED) is 0.768. The number of ether oxygens (including phenoxy) is 2. The molecule has 1 heterocycles. The molecule has 0 saturated carbocycles. The van der Waals surface area contributed by atoms with Crippen LogP contribution in [0.15, 0.2) is 30.3 Å². The Bertz CT molecular complexity index is 1020. The molecule has 0 bridgehead atoms. The van der Waals surface area contributed by atoms with Gasteiger partial charge >= 0.3 is 0 Å². The van der Waals surface area contributed by atoms with Crippen LogP contribution in [0, 0.1) is 0 Å². The van der Waals surface area contributed by atoms with Gasteiger partial charge in [-0.3, -0.25) is 9.10 Å². The van der Waals surface area contributed by atoms with Crippen molar-refractivity contribution in [3.63, 3.8) is 0 Å². The van der Waals surface area contributed by atoms with E-state index in [1.54, 1.807) is 37.3 Å². The van der Waals surface area contributed by atoms with Gasteiger partial charge in [-0.15, -0.1) is 0 Å². The van der Waals surface area contributed by atoms with Gasteiger partial charge in [-0.1, -0.05) is 11.6 Å². The Labute approximate surface area is 169 Å². The predicted octanol–water partition coefficient (Wildman–Crippen LogP) is 3.32. The van der Waals surface area contributed by atoms with E-state index in [2.05, 4.69) is 5.32 Å². The molecular weight excluding hydrogens is 404 g/mol. The minimum absolute atomic E-state index is 0.0346. The molecule has 1 aliphatic heterocycles. The van der Waals surface area contributed by atoms with Gasteiger partial charge in [0.1, 0.15) is 11.5 Å². The standard InChI is InChI=1S/C19H21ClN2O5S/c1-4-28(24,25)22-8-7-12-9-13(5-6-16(12)22)19(23)21-15-11-17(26-2)14(20)10-18(15)27-3/h5-6,9-11H,4,7-8H2,1-3H3,(H,21,23). The van der Waals surface area contributed by atoms with Crippen LogP contribution in [0.25, 0.3) is 0 Å². The van der Waals surface area contributed by atoms with Gasteiger partial charge in [0, 0.05) is 24.2 Å². The van der Waals surface area contributed by atoms with Crippen molar-refractivity contribution in [2.24, 2.45) is 0 Å². The van der Waals surface area contributed by atoms with Crippen molar-refractivity contribution in [3.8, 4) is 11.5 Å². The van der Waals surface area contributed by atoms with Gasteiger partial charge in [0.2, 0.25) is 10.0 Å². The lowest BCUT2D eigenvalue weighted by Crippen LogP contribution is -2.30. The maximum Gasteiger partial charge on any atom is 0.255 e. The fraction of sp³-hybridized carbons (Fsp3) is 0.316. The first-order valence-electron chi connectivity index (χ1n) is 8.67. The highest BCUT2D eigenvalue weighted by molar-refractivity contribution is 7.92. The molecule has 0 aromatic heterocycles. The number of carbonyl (C=O) groups excluding carboxylic acids is 1. The van der Waals surface area contributed by atoms with E-state index >= 15 is 0 Å². The van der Waals surface area contributed by atoms with Crippen LogP contribution in [-0.2, 0) is 16.4 Å². The summed E-state index contributed by atoms with van der Waals surface area (Å²) in [7, 11) is -0.364. The lowest BCUT2D eigenvalue weighted by molar-refractivity contribution is 0.102. The number of halogens is 1. The molecule has 1 amide bonds. The maximum atomic E-state index is 12.7. The molecule has 9 heteroatoms. The minimum atomic E-state index is -3.32. The molecule has 2 aromatic carbocycles. The fourth-order valence-corrected chi connectivity index (χ4v) is 4.50. The Morgan fingerprint density at radius 2 is 1.89 bits per heavy atom. The second-order valence-corrected chi connectivity index (χ2v) is 8.80. The number of nitrogens with one attached hydrogen (secondary N) is 1. The zero-order chi connectivity index (χ0) is 20.5. The van der Waals surface area contributed by atoms with E-state index in [0.29, 0.717) is 46.4 Å². The van der Waals surface area contributed by atoms with Gasteiger partial charge in [-0.05, 0) is 37.1 Å². The topological polar surface area (TPSA) is 84.9 Å². The molecule has 7 nitrogen and oxygen atoms in total. The molecule has 0 atom stereocenters. The predicted molar refractivity (Wildman–Crippen MR) is 109 cm³/mol. The molecule has 3 rings (SSSR count). The van der Waals surface area contributed by atoms with Gasteiger partial charge in [-0.2, -0.15) is 0 Å². The van der Waals surface area contributed by atoms with E-state index in [4.69, 9.17) is 21.1 Å². The summed E-state index contributed by atoms with van der Waals surface area (Å²) in [6.07, 6.45) is 0.563. The van der Waals surface area contributed by atoms with E-state index < -0.39 is 10.0 Å². The zero-order valence-electron chi connectivity index (χ0n) is 15.8. The first-order valence-corrected chi connectivity index (χ1v) is 10.7. The average Bonchev–Trinajstić information content (AvgIpc) is 3.12. The molecule has 28 heavy (non-hydrogen) atoms. The number of hydrogen-bond donors (Lipinski definition) is 1. The Kier molecular flexibility index (Phi) is 5.71. The van der Waals surface area contributed by atoms with Gasteiger partial charge in [0.15, 0.2) is 0 Å². The van der Waals surface area contributed by atoms with Crippen molar-refractivity contribution in [1.29, 1.82) is 0 Å². The van der Waals surface area contributed by atoms with Crippen LogP contribution < -0.4 is 19.1 Å².